The van der Waals surface area contributed by atoms with Crippen LogP contribution in [0.5, 0.6) is 0 Å². The van der Waals surface area contributed by atoms with Gasteiger partial charge in [0.2, 0.25) is 0 Å². The molecule has 2 aromatic rings. The van der Waals surface area contributed by atoms with Crippen molar-refractivity contribution in [2.75, 3.05) is 45.3 Å². The lowest BCUT2D eigenvalue weighted by atomic mass is 9.78. The number of nitrogens with zero attached hydrogens (tertiary/aromatic N) is 2. The quantitative estimate of drug-likeness (QED) is 0.392. The maximum atomic E-state index is 13.6. The lowest BCUT2D eigenvalue weighted by Crippen LogP contribution is -2.36. The zero-order chi connectivity index (χ0) is 23.3. The van der Waals surface area contributed by atoms with Crippen LogP contribution in [0.2, 0.25) is 0 Å². The summed E-state index contributed by atoms with van der Waals surface area (Å²) in [7, 11) is 3.89. The molecule has 0 saturated heterocycles. The highest BCUT2D eigenvalue weighted by Gasteiger charge is 2.44. The summed E-state index contributed by atoms with van der Waals surface area (Å²) in [6.45, 7) is 4.79. The van der Waals surface area contributed by atoms with Crippen LogP contribution in [0.25, 0.3) is 0 Å². The molecule has 7 nitrogen and oxygen atoms in total. The van der Waals surface area contributed by atoms with Gasteiger partial charge in [0.25, 0.3) is 5.91 Å². The van der Waals surface area contributed by atoms with E-state index in [9.17, 15) is 14.4 Å². The minimum atomic E-state index is -1.22. The Morgan fingerprint density at radius 3 is 2.06 bits per heavy atom. The molecular weight excluding hydrogens is 488 g/mol. The molecule has 1 heterocycles. The Bertz CT molecular complexity index is 976. The van der Waals surface area contributed by atoms with Crippen LogP contribution in [0, 0.1) is 5.92 Å². The summed E-state index contributed by atoms with van der Waals surface area (Å²) in [5.74, 6) is -3.42. The zero-order valence-electron chi connectivity index (χ0n) is 19.4. The van der Waals surface area contributed by atoms with Crippen molar-refractivity contribution < 1.29 is 23.9 Å². The summed E-state index contributed by atoms with van der Waals surface area (Å²) in [4.78, 5) is 43.5. The molecule has 0 aliphatic carbocycles. The molecule has 0 aromatic heterocycles. The Balaban J connectivity index is 0.00000385. The maximum absolute atomic E-state index is 13.6. The number of hydrogen-bond acceptors (Lipinski definition) is 6. The molecule has 0 saturated carbocycles. The molecule has 178 valence electrons. The van der Waals surface area contributed by atoms with Crippen molar-refractivity contribution in [2.45, 2.75) is 19.8 Å². The average molecular weight is 519 g/mol. The van der Waals surface area contributed by atoms with Gasteiger partial charge >= 0.3 is 11.9 Å². The highest BCUT2D eigenvalue weighted by molar-refractivity contribution is 8.93. The maximum Gasteiger partial charge on any atom is 0.321 e. The van der Waals surface area contributed by atoms with Crippen LogP contribution in [-0.2, 0) is 19.1 Å². The van der Waals surface area contributed by atoms with Crippen molar-refractivity contribution in [3.8, 4) is 0 Å². The van der Waals surface area contributed by atoms with Gasteiger partial charge in [-0.1, -0.05) is 36.4 Å². The van der Waals surface area contributed by atoms with Gasteiger partial charge in [-0.05, 0) is 51.2 Å². The standard InChI is InChI=1S/C25H30N2O5.BrH/c1-5-31-24(29)22(25(30)32-6-2)21-17-11-7-8-12-18(17)23(28)27(16-15-26(3)4)20-14-10-9-13-19(20)21;/h7-14,21-22H,5-6,15-16H2,1-4H3;1H. The molecule has 0 fully saturated rings. The predicted octanol–water partition coefficient (Wildman–Crippen LogP) is 3.66. The molecule has 1 aliphatic heterocycles. The van der Waals surface area contributed by atoms with Crippen LogP contribution in [0.3, 0.4) is 0 Å². The Labute approximate surface area is 205 Å². The second-order valence-electron chi connectivity index (χ2n) is 7.87. The SMILES string of the molecule is Br.CCOC(=O)C(C(=O)OCC)C1c2ccccc2C(=O)N(CCN(C)C)c2ccccc21. The highest BCUT2D eigenvalue weighted by atomic mass is 79.9. The van der Waals surface area contributed by atoms with Crippen molar-refractivity contribution >= 4 is 40.5 Å². The van der Waals surface area contributed by atoms with E-state index >= 15 is 0 Å². The largest absolute Gasteiger partial charge is 0.465 e. The van der Waals surface area contributed by atoms with Gasteiger partial charge in [-0.2, -0.15) is 0 Å². The molecule has 1 amide bonds. The highest BCUT2D eigenvalue weighted by Crippen LogP contribution is 2.43. The molecule has 1 atom stereocenters. The fraction of sp³-hybridized carbons (Fsp3) is 0.400. The van der Waals surface area contributed by atoms with Gasteiger partial charge in [-0.25, -0.2) is 0 Å². The monoisotopic (exact) mass is 518 g/mol. The molecule has 0 N–H and O–H groups in total. The number of amides is 1. The second kappa shape index (κ2) is 12.0. The predicted molar refractivity (Wildman–Crippen MR) is 132 cm³/mol. The molecule has 2 aromatic carbocycles. The first-order chi connectivity index (χ1) is 15.4. The molecule has 0 spiro atoms. The Morgan fingerprint density at radius 1 is 0.939 bits per heavy atom. The Hall–Kier alpha value is -2.71. The van der Waals surface area contributed by atoms with Gasteiger partial charge < -0.3 is 19.3 Å². The number of benzene rings is 2. The summed E-state index contributed by atoms with van der Waals surface area (Å²) in [5.41, 5.74) is 2.48. The van der Waals surface area contributed by atoms with Crippen LogP contribution in [0.1, 0.15) is 41.3 Å². The zero-order valence-corrected chi connectivity index (χ0v) is 21.2. The van der Waals surface area contributed by atoms with Crippen LogP contribution in [0.4, 0.5) is 5.69 Å². The Morgan fingerprint density at radius 2 is 1.48 bits per heavy atom. The first-order valence-electron chi connectivity index (χ1n) is 10.9. The smallest absolute Gasteiger partial charge is 0.321 e. The van der Waals surface area contributed by atoms with Gasteiger partial charge in [0.05, 0.1) is 13.2 Å². The number of carbonyl (C=O) groups excluding carboxylic acids is 3. The van der Waals surface area contributed by atoms with E-state index in [0.717, 1.165) is 5.56 Å². The van der Waals surface area contributed by atoms with Crippen molar-refractivity contribution in [3.63, 3.8) is 0 Å². The molecule has 0 radical (unpaired) electrons. The van der Waals surface area contributed by atoms with E-state index in [1.54, 1.807) is 36.9 Å². The molecule has 8 heteroatoms. The molecule has 1 aliphatic rings. The van der Waals surface area contributed by atoms with E-state index in [2.05, 4.69) is 0 Å². The molecule has 0 bridgehead atoms. The summed E-state index contributed by atoms with van der Waals surface area (Å²) < 4.78 is 10.6. The number of ether oxygens (including phenoxy) is 2. The third-order valence-corrected chi connectivity index (χ3v) is 5.52. The number of likely N-dealkylation sites (N-methyl/N-ethyl adjacent to an activating group) is 1. The van der Waals surface area contributed by atoms with E-state index < -0.39 is 23.8 Å². The Kier molecular flexibility index (Phi) is 9.61. The lowest BCUT2D eigenvalue weighted by molar-refractivity contribution is -0.162. The fourth-order valence-corrected chi connectivity index (χ4v) is 4.10. The summed E-state index contributed by atoms with van der Waals surface area (Å²) in [6.07, 6.45) is 0. The van der Waals surface area contributed by atoms with Crippen LogP contribution < -0.4 is 4.90 Å². The van der Waals surface area contributed by atoms with Crippen molar-refractivity contribution in [1.82, 2.24) is 4.90 Å². The fourth-order valence-electron chi connectivity index (χ4n) is 4.10. The van der Waals surface area contributed by atoms with Crippen LogP contribution in [0.15, 0.2) is 48.5 Å². The molecule has 3 rings (SSSR count). The first kappa shape index (κ1) is 26.5. The van der Waals surface area contributed by atoms with Crippen molar-refractivity contribution in [1.29, 1.82) is 0 Å². The number of fused-ring (bicyclic) bond motifs is 2. The third kappa shape index (κ3) is 5.62. The normalized spacial score (nSPS) is 14.8. The van der Waals surface area contributed by atoms with E-state index in [-0.39, 0.29) is 36.1 Å². The number of halogens is 1. The first-order valence-corrected chi connectivity index (χ1v) is 10.9. The van der Waals surface area contributed by atoms with E-state index in [4.69, 9.17) is 9.47 Å². The van der Waals surface area contributed by atoms with E-state index in [1.807, 2.05) is 49.3 Å². The van der Waals surface area contributed by atoms with Crippen LogP contribution >= 0.6 is 17.0 Å². The van der Waals surface area contributed by atoms with Crippen molar-refractivity contribution in [2.24, 2.45) is 5.92 Å². The minimum absolute atomic E-state index is 0. The van der Waals surface area contributed by atoms with Gasteiger partial charge in [0, 0.05) is 30.3 Å². The van der Waals surface area contributed by atoms with Crippen molar-refractivity contribution in [3.05, 3.63) is 65.2 Å². The summed E-state index contributed by atoms with van der Waals surface area (Å²) in [5, 5.41) is 0. The number of para-hydroxylation sites is 1. The number of carbonyl (C=O) groups is 3. The minimum Gasteiger partial charge on any atom is -0.465 e. The molecule has 1 unspecified atom stereocenters. The topological polar surface area (TPSA) is 76.2 Å². The molecule has 33 heavy (non-hydrogen) atoms. The van der Waals surface area contributed by atoms with Gasteiger partial charge in [0.15, 0.2) is 5.92 Å². The third-order valence-electron chi connectivity index (χ3n) is 5.52. The summed E-state index contributed by atoms with van der Waals surface area (Å²) in [6, 6.07) is 14.6. The lowest BCUT2D eigenvalue weighted by Gasteiger charge is -2.27. The van der Waals surface area contributed by atoms with E-state index in [0.29, 0.717) is 29.9 Å². The van der Waals surface area contributed by atoms with Gasteiger partial charge in [-0.15, -0.1) is 17.0 Å². The summed E-state index contributed by atoms with van der Waals surface area (Å²) >= 11 is 0. The average Bonchev–Trinajstić information content (AvgIpc) is 2.87. The number of hydrogen-bond donors (Lipinski definition) is 0. The number of anilines is 1. The number of rotatable bonds is 8. The number of esters is 2. The van der Waals surface area contributed by atoms with E-state index in [1.165, 1.54) is 0 Å². The van der Waals surface area contributed by atoms with Crippen LogP contribution in [-0.4, -0.2) is 63.1 Å². The second-order valence-corrected chi connectivity index (χ2v) is 7.87. The van der Waals surface area contributed by atoms with Gasteiger partial charge in [-0.3, -0.25) is 14.4 Å². The molecular formula is C25H31BrN2O5. The van der Waals surface area contributed by atoms with Gasteiger partial charge in [0.1, 0.15) is 0 Å².